The van der Waals surface area contributed by atoms with Gasteiger partial charge in [0.1, 0.15) is 5.75 Å². The van der Waals surface area contributed by atoms with Crippen molar-refractivity contribution in [3.8, 4) is 5.75 Å². The summed E-state index contributed by atoms with van der Waals surface area (Å²) in [4.78, 5) is 12.5. The highest BCUT2D eigenvalue weighted by molar-refractivity contribution is 8.00. The maximum absolute atomic E-state index is 11.7. The van der Waals surface area contributed by atoms with E-state index in [2.05, 4.69) is 19.2 Å². The highest BCUT2D eigenvalue weighted by atomic mass is 32.2. The molecule has 0 saturated heterocycles. The van der Waals surface area contributed by atoms with Crippen molar-refractivity contribution in [1.29, 1.82) is 0 Å². The fraction of sp³-hybridized carbons (Fsp3) is 0.462. The lowest BCUT2D eigenvalue weighted by Crippen LogP contribution is -2.33. The molecule has 4 heteroatoms. The van der Waals surface area contributed by atoms with Crippen molar-refractivity contribution in [2.45, 2.75) is 30.9 Å². The Morgan fingerprint density at radius 1 is 1.35 bits per heavy atom. The third kappa shape index (κ3) is 4.69. The number of hydrogen-bond acceptors (Lipinski definition) is 3. The summed E-state index contributed by atoms with van der Waals surface area (Å²) in [6, 6.07) is 7.05. The first-order valence-corrected chi connectivity index (χ1v) is 6.61. The van der Waals surface area contributed by atoms with E-state index in [1.807, 2.05) is 19.1 Å². The predicted octanol–water partition coefficient (Wildman–Crippen LogP) is 2.65. The van der Waals surface area contributed by atoms with Crippen molar-refractivity contribution in [3.05, 3.63) is 24.3 Å². The molecular weight excluding hydrogens is 234 g/mol. The largest absolute Gasteiger partial charge is 0.507 e. The number of hydrogen-bond donors (Lipinski definition) is 2. The van der Waals surface area contributed by atoms with Crippen LogP contribution in [0.2, 0.25) is 0 Å². The fourth-order valence-electron chi connectivity index (χ4n) is 1.25. The number of rotatable bonds is 5. The summed E-state index contributed by atoms with van der Waals surface area (Å²) in [5, 5.41) is 12.3. The molecule has 17 heavy (non-hydrogen) atoms. The van der Waals surface area contributed by atoms with E-state index in [9.17, 15) is 9.90 Å². The SMILES string of the molecule is CC(C)CNC(=O)C(C)Sc1ccccc1O. The fourth-order valence-corrected chi connectivity index (χ4v) is 2.17. The summed E-state index contributed by atoms with van der Waals surface area (Å²) in [7, 11) is 0. The number of carbonyl (C=O) groups excluding carboxylic acids is 1. The highest BCUT2D eigenvalue weighted by Crippen LogP contribution is 2.30. The van der Waals surface area contributed by atoms with Crippen LogP contribution >= 0.6 is 11.8 Å². The van der Waals surface area contributed by atoms with Gasteiger partial charge in [-0.2, -0.15) is 0 Å². The smallest absolute Gasteiger partial charge is 0.233 e. The molecule has 0 aliphatic heterocycles. The molecule has 1 atom stereocenters. The Balaban J connectivity index is 2.51. The maximum Gasteiger partial charge on any atom is 0.233 e. The van der Waals surface area contributed by atoms with Crippen molar-refractivity contribution in [2.75, 3.05) is 6.54 Å². The zero-order valence-electron chi connectivity index (χ0n) is 10.4. The molecule has 1 unspecified atom stereocenters. The number of amides is 1. The van der Waals surface area contributed by atoms with Crippen LogP contribution in [0.5, 0.6) is 5.75 Å². The van der Waals surface area contributed by atoms with E-state index in [0.29, 0.717) is 12.5 Å². The van der Waals surface area contributed by atoms with Gasteiger partial charge in [0.15, 0.2) is 0 Å². The molecule has 0 aliphatic carbocycles. The van der Waals surface area contributed by atoms with Gasteiger partial charge in [0, 0.05) is 11.4 Å². The number of para-hydroxylation sites is 1. The minimum absolute atomic E-state index is 0.00644. The van der Waals surface area contributed by atoms with Crippen molar-refractivity contribution in [2.24, 2.45) is 5.92 Å². The molecule has 0 saturated carbocycles. The average molecular weight is 253 g/mol. The van der Waals surface area contributed by atoms with Crippen molar-refractivity contribution in [3.63, 3.8) is 0 Å². The van der Waals surface area contributed by atoms with Crippen LogP contribution in [0.15, 0.2) is 29.2 Å². The summed E-state index contributed by atoms with van der Waals surface area (Å²) in [6.45, 7) is 6.64. The van der Waals surface area contributed by atoms with E-state index in [1.165, 1.54) is 11.8 Å². The summed E-state index contributed by atoms with van der Waals surface area (Å²) in [5.74, 6) is 0.675. The van der Waals surface area contributed by atoms with Crippen LogP contribution in [0.25, 0.3) is 0 Å². The lowest BCUT2D eigenvalue weighted by molar-refractivity contribution is -0.120. The monoisotopic (exact) mass is 253 g/mol. The number of aromatic hydroxyl groups is 1. The minimum atomic E-state index is -0.206. The maximum atomic E-state index is 11.7. The molecule has 0 bridgehead atoms. The standard InChI is InChI=1S/C13H19NO2S/c1-9(2)8-14-13(16)10(3)17-12-7-5-4-6-11(12)15/h4-7,9-10,15H,8H2,1-3H3,(H,14,16). The van der Waals surface area contributed by atoms with E-state index in [-0.39, 0.29) is 16.9 Å². The van der Waals surface area contributed by atoms with E-state index >= 15 is 0 Å². The second-order valence-electron chi connectivity index (χ2n) is 4.37. The van der Waals surface area contributed by atoms with Gasteiger partial charge in [-0.1, -0.05) is 26.0 Å². The molecule has 94 valence electrons. The lowest BCUT2D eigenvalue weighted by atomic mass is 10.2. The number of benzene rings is 1. The number of phenols is 1. The van der Waals surface area contributed by atoms with Crippen molar-refractivity contribution < 1.29 is 9.90 Å². The Hall–Kier alpha value is -1.16. The van der Waals surface area contributed by atoms with Crippen LogP contribution in [0.1, 0.15) is 20.8 Å². The van der Waals surface area contributed by atoms with Crippen molar-refractivity contribution >= 4 is 17.7 Å². The van der Waals surface area contributed by atoms with E-state index in [1.54, 1.807) is 12.1 Å². The van der Waals surface area contributed by atoms with E-state index in [0.717, 1.165) is 4.90 Å². The van der Waals surface area contributed by atoms with Crippen LogP contribution in [0.3, 0.4) is 0 Å². The molecule has 0 aromatic heterocycles. The molecular formula is C13H19NO2S. The van der Waals surface area contributed by atoms with Crippen LogP contribution < -0.4 is 5.32 Å². The first-order chi connectivity index (χ1) is 8.00. The molecule has 1 aromatic rings. The molecule has 1 aromatic carbocycles. The number of phenolic OH excluding ortho intramolecular Hbond substituents is 1. The Morgan fingerprint density at radius 3 is 2.59 bits per heavy atom. The summed E-state index contributed by atoms with van der Waals surface area (Å²) < 4.78 is 0. The zero-order chi connectivity index (χ0) is 12.8. The third-order valence-electron chi connectivity index (χ3n) is 2.22. The molecule has 3 nitrogen and oxygen atoms in total. The zero-order valence-corrected chi connectivity index (χ0v) is 11.3. The molecule has 1 amide bonds. The topological polar surface area (TPSA) is 49.3 Å². The van der Waals surface area contributed by atoms with Gasteiger partial charge in [-0.25, -0.2) is 0 Å². The van der Waals surface area contributed by atoms with Crippen LogP contribution in [-0.4, -0.2) is 22.8 Å². The lowest BCUT2D eigenvalue weighted by Gasteiger charge is -2.13. The van der Waals surface area contributed by atoms with Gasteiger partial charge < -0.3 is 10.4 Å². The summed E-state index contributed by atoms with van der Waals surface area (Å²) >= 11 is 1.37. The van der Waals surface area contributed by atoms with E-state index in [4.69, 9.17) is 0 Å². The van der Waals surface area contributed by atoms with Gasteiger partial charge in [-0.3, -0.25) is 4.79 Å². The second-order valence-corrected chi connectivity index (χ2v) is 5.75. The van der Waals surface area contributed by atoms with Gasteiger partial charge in [0.05, 0.1) is 5.25 Å². The molecule has 0 heterocycles. The Kier molecular flexibility index (Phi) is 5.35. The van der Waals surface area contributed by atoms with Crippen LogP contribution in [-0.2, 0) is 4.79 Å². The molecule has 2 N–H and O–H groups in total. The first-order valence-electron chi connectivity index (χ1n) is 5.73. The number of nitrogens with one attached hydrogen (secondary N) is 1. The first kappa shape index (κ1) is 13.9. The molecule has 0 spiro atoms. The van der Waals surface area contributed by atoms with Crippen LogP contribution in [0.4, 0.5) is 0 Å². The Morgan fingerprint density at radius 2 is 2.00 bits per heavy atom. The van der Waals surface area contributed by atoms with Gasteiger partial charge >= 0.3 is 0 Å². The van der Waals surface area contributed by atoms with Gasteiger partial charge in [-0.15, -0.1) is 11.8 Å². The normalized spacial score (nSPS) is 12.5. The second kappa shape index (κ2) is 6.55. The number of carbonyl (C=O) groups is 1. The quantitative estimate of drug-likeness (QED) is 0.793. The van der Waals surface area contributed by atoms with Gasteiger partial charge in [0.25, 0.3) is 0 Å². The highest BCUT2D eigenvalue weighted by Gasteiger charge is 2.15. The van der Waals surface area contributed by atoms with E-state index < -0.39 is 0 Å². The average Bonchev–Trinajstić information content (AvgIpc) is 2.28. The van der Waals surface area contributed by atoms with Crippen molar-refractivity contribution in [1.82, 2.24) is 5.32 Å². The third-order valence-corrected chi connectivity index (χ3v) is 3.39. The number of thioether (sulfide) groups is 1. The summed E-state index contributed by atoms with van der Waals surface area (Å²) in [5.41, 5.74) is 0. The molecule has 0 aliphatic rings. The Bertz CT molecular complexity index is 379. The predicted molar refractivity (Wildman–Crippen MR) is 71.3 cm³/mol. The van der Waals surface area contributed by atoms with Gasteiger partial charge in [-0.05, 0) is 25.0 Å². The van der Waals surface area contributed by atoms with Crippen LogP contribution in [0, 0.1) is 5.92 Å². The minimum Gasteiger partial charge on any atom is -0.507 e. The molecule has 1 rings (SSSR count). The van der Waals surface area contributed by atoms with Gasteiger partial charge in [0.2, 0.25) is 5.91 Å². The Labute approximate surface area is 107 Å². The molecule has 0 radical (unpaired) electrons. The summed E-state index contributed by atoms with van der Waals surface area (Å²) in [6.07, 6.45) is 0. The molecule has 0 fully saturated rings.